The number of hydrogen-bond donors (Lipinski definition) is 8. The number of imidazole rings is 1. The van der Waals surface area contributed by atoms with Crippen molar-refractivity contribution in [1.82, 2.24) is 25.9 Å². The van der Waals surface area contributed by atoms with Crippen molar-refractivity contribution < 1.29 is 44.1 Å². The normalized spacial score (nSPS) is 14.2. The second-order valence-electron chi connectivity index (χ2n) is 7.44. The SMILES string of the molecule is CC(NC(=O)C(CCC(=O)O)NC(=O)C(Cc1cnc[nH]1)NC(=O)C(N)CCC(=O)O)C(=O)O. The number of amides is 3. The number of nitrogens with one attached hydrogen (secondary N) is 4. The van der Waals surface area contributed by atoms with Crippen molar-refractivity contribution in [2.75, 3.05) is 0 Å². The van der Waals surface area contributed by atoms with E-state index in [0.29, 0.717) is 5.69 Å². The number of nitrogens with two attached hydrogens (primary N) is 1. The van der Waals surface area contributed by atoms with Gasteiger partial charge in [0.2, 0.25) is 17.7 Å². The molecule has 0 saturated heterocycles. The number of H-pyrrole nitrogens is 1. The molecule has 1 aromatic heterocycles. The molecule has 9 N–H and O–H groups in total. The van der Waals surface area contributed by atoms with E-state index < -0.39 is 66.2 Å². The van der Waals surface area contributed by atoms with Crippen LogP contribution in [0.4, 0.5) is 0 Å². The zero-order valence-corrected chi connectivity index (χ0v) is 18.3. The molecule has 1 heterocycles. The molecular formula is C19H28N6O9. The Hall–Kier alpha value is -4.01. The number of hydrogen-bond acceptors (Lipinski definition) is 8. The second kappa shape index (κ2) is 13.5. The van der Waals surface area contributed by atoms with Crippen LogP contribution in [0.25, 0.3) is 0 Å². The van der Waals surface area contributed by atoms with Crippen LogP contribution in [0.5, 0.6) is 0 Å². The van der Waals surface area contributed by atoms with Crippen LogP contribution in [-0.2, 0) is 35.2 Å². The van der Waals surface area contributed by atoms with Gasteiger partial charge in [-0.1, -0.05) is 0 Å². The molecule has 4 unspecified atom stereocenters. The summed E-state index contributed by atoms with van der Waals surface area (Å²) >= 11 is 0. The number of nitrogens with zero attached hydrogens (tertiary/aromatic N) is 1. The number of carboxylic acid groups (broad SMARTS) is 3. The van der Waals surface area contributed by atoms with Gasteiger partial charge in [0.25, 0.3) is 0 Å². The molecule has 0 saturated carbocycles. The Morgan fingerprint density at radius 1 is 0.912 bits per heavy atom. The van der Waals surface area contributed by atoms with Crippen LogP contribution in [0, 0.1) is 0 Å². The maximum absolute atomic E-state index is 12.9. The molecular weight excluding hydrogens is 456 g/mol. The molecule has 0 radical (unpaired) electrons. The van der Waals surface area contributed by atoms with Crippen LogP contribution < -0.4 is 21.7 Å². The zero-order chi connectivity index (χ0) is 25.8. The highest BCUT2D eigenvalue weighted by Gasteiger charge is 2.30. The van der Waals surface area contributed by atoms with Gasteiger partial charge in [-0.2, -0.15) is 0 Å². The summed E-state index contributed by atoms with van der Waals surface area (Å²) in [5.41, 5.74) is 6.12. The Balaban J connectivity index is 3.00. The van der Waals surface area contributed by atoms with E-state index in [1.165, 1.54) is 19.4 Å². The predicted octanol–water partition coefficient (Wildman–Crippen LogP) is -2.43. The van der Waals surface area contributed by atoms with E-state index in [2.05, 4.69) is 25.9 Å². The third-order valence-corrected chi connectivity index (χ3v) is 4.63. The lowest BCUT2D eigenvalue weighted by molar-refractivity contribution is -0.142. The molecule has 34 heavy (non-hydrogen) atoms. The number of rotatable bonds is 15. The van der Waals surface area contributed by atoms with E-state index in [1.807, 2.05) is 0 Å². The van der Waals surface area contributed by atoms with Crippen LogP contribution in [0.3, 0.4) is 0 Å². The molecule has 0 spiro atoms. The van der Waals surface area contributed by atoms with Crippen LogP contribution >= 0.6 is 0 Å². The molecule has 0 fully saturated rings. The molecule has 0 aliphatic rings. The predicted molar refractivity (Wildman–Crippen MR) is 113 cm³/mol. The second-order valence-corrected chi connectivity index (χ2v) is 7.44. The van der Waals surface area contributed by atoms with Gasteiger partial charge in [0.15, 0.2) is 0 Å². The van der Waals surface area contributed by atoms with Gasteiger partial charge >= 0.3 is 17.9 Å². The molecule has 15 nitrogen and oxygen atoms in total. The average Bonchev–Trinajstić information content (AvgIpc) is 3.26. The Labute approximate surface area is 193 Å². The van der Waals surface area contributed by atoms with E-state index in [0.717, 1.165) is 0 Å². The van der Waals surface area contributed by atoms with Crippen molar-refractivity contribution in [1.29, 1.82) is 0 Å². The molecule has 188 valence electrons. The van der Waals surface area contributed by atoms with Gasteiger partial charge in [-0.25, -0.2) is 4.98 Å². The summed E-state index contributed by atoms with van der Waals surface area (Å²) in [5.74, 6) is -6.34. The van der Waals surface area contributed by atoms with Crippen molar-refractivity contribution in [2.45, 2.75) is 63.2 Å². The average molecular weight is 484 g/mol. The Morgan fingerprint density at radius 3 is 2.00 bits per heavy atom. The van der Waals surface area contributed by atoms with Gasteiger partial charge in [0.1, 0.15) is 18.1 Å². The highest BCUT2D eigenvalue weighted by Crippen LogP contribution is 2.05. The van der Waals surface area contributed by atoms with Gasteiger partial charge in [-0.3, -0.25) is 28.8 Å². The lowest BCUT2D eigenvalue weighted by Gasteiger charge is -2.24. The number of aromatic amines is 1. The van der Waals surface area contributed by atoms with Crippen molar-refractivity contribution >= 4 is 35.6 Å². The first-order valence-corrected chi connectivity index (χ1v) is 10.2. The summed E-state index contributed by atoms with van der Waals surface area (Å²) in [6.45, 7) is 1.19. The molecule has 4 atom stereocenters. The summed E-state index contributed by atoms with van der Waals surface area (Å²) in [4.78, 5) is 77.0. The van der Waals surface area contributed by atoms with Gasteiger partial charge < -0.3 is 42.0 Å². The summed E-state index contributed by atoms with van der Waals surface area (Å²) in [5, 5.41) is 33.5. The first-order chi connectivity index (χ1) is 15.9. The fourth-order valence-electron chi connectivity index (χ4n) is 2.70. The highest BCUT2D eigenvalue weighted by atomic mass is 16.4. The van der Waals surface area contributed by atoms with Crippen molar-refractivity contribution in [3.05, 3.63) is 18.2 Å². The van der Waals surface area contributed by atoms with Crippen LogP contribution in [-0.4, -0.2) is 85.1 Å². The summed E-state index contributed by atoms with van der Waals surface area (Å²) in [7, 11) is 0. The van der Waals surface area contributed by atoms with Crippen molar-refractivity contribution in [3.8, 4) is 0 Å². The minimum Gasteiger partial charge on any atom is -0.481 e. The molecule has 0 aliphatic heterocycles. The van der Waals surface area contributed by atoms with Gasteiger partial charge in [0.05, 0.1) is 12.4 Å². The maximum Gasteiger partial charge on any atom is 0.325 e. The number of aromatic nitrogens is 2. The van der Waals surface area contributed by atoms with E-state index in [-0.39, 0.29) is 25.7 Å². The van der Waals surface area contributed by atoms with E-state index >= 15 is 0 Å². The smallest absolute Gasteiger partial charge is 0.325 e. The lowest BCUT2D eigenvalue weighted by Crippen LogP contribution is -2.57. The first-order valence-electron chi connectivity index (χ1n) is 10.2. The maximum atomic E-state index is 12.9. The number of carbonyl (C=O) groups is 6. The fourth-order valence-corrected chi connectivity index (χ4v) is 2.70. The van der Waals surface area contributed by atoms with Crippen LogP contribution in [0.2, 0.25) is 0 Å². The lowest BCUT2D eigenvalue weighted by atomic mass is 10.1. The van der Waals surface area contributed by atoms with Crippen molar-refractivity contribution in [2.24, 2.45) is 5.73 Å². The van der Waals surface area contributed by atoms with Crippen LogP contribution in [0.15, 0.2) is 12.5 Å². The molecule has 0 aromatic carbocycles. The van der Waals surface area contributed by atoms with E-state index in [9.17, 15) is 28.8 Å². The molecule has 15 heteroatoms. The summed E-state index contributed by atoms with van der Waals surface area (Å²) < 4.78 is 0. The minimum absolute atomic E-state index is 0.109. The Kier molecular flexibility index (Phi) is 11.1. The van der Waals surface area contributed by atoms with Crippen molar-refractivity contribution in [3.63, 3.8) is 0 Å². The molecule has 3 amide bonds. The number of aliphatic carboxylic acids is 3. The number of carbonyl (C=O) groups excluding carboxylic acids is 3. The molecule has 1 rings (SSSR count). The third-order valence-electron chi connectivity index (χ3n) is 4.63. The Bertz CT molecular complexity index is 889. The zero-order valence-electron chi connectivity index (χ0n) is 18.3. The fraction of sp³-hybridized carbons (Fsp3) is 0.526. The Morgan fingerprint density at radius 2 is 1.47 bits per heavy atom. The van der Waals surface area contributed by atoms with Gasteiger partial charge in [-0.15, -0.1) is 0 Å². The highest BCUT2D eigenvalue weighted by molar-refractivity contribution is 5.94. The molecule has 0 aliphatic carbocycles. The summed E-state index contributed by atoms with van der Waals surface area (Å²) in [6, 6.07) is -5.23. The largest absolute Gasteiger partial charge is 0.481 e. The number of carboxylic acids is 3. The quantitative estimate of drug-likeness (QED) is 0.130. The monoisotopic (exact) mass is 484 g/mol. The molecule has 1 aromatic rings. The van der Waals surface area contributed by atoms with E-state index in [4.69, 9.17) is 21.1 Å². The standard InChI is InChI=1S/C19H28N6O9/c1-9(19(33)34)23-17(31)12(3-5-15(28)29)24-18(32)13(6-10-7-21-8-22-10)25-16(30)11(20)2-4-14(26)27/h7-9,11-13H,2-6,20H2,1H3,(H,21,22)(H,23,31)(H,24,32)(H,25,30)(H,26,27)(H,28,29)(H,33,34). The van der Waals surface area contributed by atoms with E-state index in [1.54, 1.807) is 0 Å². The minimum atomic E-state index is -1.41. The topological polar surface area (TPSA) is 254 Å². The third kappa shape index (κ3) is 10.1. The first kappa shape index (κ1) is 28.0. The molecule has 0 bridgehead atoms. The van der Waals surface area contributed by atoms with Gasteiger partial charge in [0, 0.05) is 31.2 Å². The summed E-state index contributed by atoms with van der Waals surface area (Å²) in [6.07, 6.45) is 1.21. The van der Waals surface area contributed by atoms with Crippen LogP contribution in [0.1, 0.15) is 38.3 Å². The van der Waals surface area contributed by atoms with Gasteiger partial charge in [-0.05, 0) is 19.8 Å².